The third kappa shape index (κ3) is 2.44. The van der Waals surface area contributed by atoms with Crippen LogP contribution in [0.25, 0.3) is 0 Å². The molecule has 0 amide bonds. The molecule has 0 radical (unpaired) electrons. The summed E-state index contributed by atoms with van der Waals surface area (Å²) in [7, 11) is 0. The van der Waals surface area contributed by atoms with Gasteiger partial charge < -0.3 is 10.6 Å². The number of nitrogens with zero attached hydrogens (tertiary/aromatic N) is 1. The highest BCUT2D eigenvalue weighted by Crippen LogP contribution is 2.40. The predicted molar refractivity (Wildman–Crippen MR) is 81.3 cm³/mol. The van der Waals surface area contributed by atoms with E-state index in [9.17, 15) is 4.39 Å². The van der Waals surface area contributed by atoms with Gasteiger partial charge in [0.15, 0.2) is 0 Å². The van der Waals surface area contributed by atoms with E-state index in [1.165, 1.54) is 44.6 Å². The SMILES string of the molecule is C[C@@H](N)c1c(F)cccc1N1CCCC2CCCCC21. The summed E-state index contributed by atoms with van der Waals surface area (Å²) in [5, 5.41) is 0. The van der Waals surface area contributed by atoms with Crippen LogP contribution in [0.3, 0.4) is 0 Å². The maximum Gasteiger partial charge on any atom is 0.130 e. The number of nitrogens with two attached hydrogens (primary N) is 1. The number of hydrogen-bond acceptors (Lipinski definition) is 2. The Kier molecular flexibility index (Phi) is 3.97. The monoisotopic (exact) mass is 276 g/mol. The Morgan fingerprint density at radius 1 is 1.20 bits per heavy atom. The molecule has 1 aromatic rings. The van der Waals surface area contributed by atoms with Crippen LogP contribution < -0.4 is 10.6 Å². The van der Waals surface area contributed by atoms with Crippen molar-refractivity contribution < 1.29 is 4.39 Å². The van der Waals surface area contributed by atoms with Crippen molar-refractivity contribution in [3.8, 4) is 0 Å². The summed E-state index contributed by atoms with van der Waals surface area (Å²) in [6.45, 7) is 2.93. The first-order chi connectivity index (χ1) is 9.68. The van der Waals surface area contributed by atoms with Crippen LogP contribution in [0.15, 0.2) is 18.2 Å². The number of anilines is 1. The third-order valence-corrected chi connectivity index (χ3v) is 5.04. The van der Waals surface area contributed by atoms with Crippen LogP contribution in [0.2, 0.25) is 0 Å². The zero-order chi connectivity index (χ0) is 14.1. The summed E-state index contributed by atoms with van der Waals surface area (Å²) in [6.07, 6.45) is 7.81. The normalized spacial score (nSPS) is 28.1. The molecule has 2 N–H and O–H groups in total. The molecule has 1 aliphatic heterocycles. The van der Waals surface area contributed by atoms with Crippen molar-refractivity contribution in [1.82, 2.24) is 0 Å². The van der Waals surface area contributed by atoms with E-state index in [-0.39, 0.29) is 11.9 Å². The Labute approximate surface area is 121 Å². The molecule has 2 unspecified atom stereocenters. The summed E-state index contributed by atoms with van der Waals surface area (Å²) in [5.74, 6) is 0.636. The molecular weight excluding hydrogens is 251 g/mol. The van der Waals surface area contributed by atoms with Gasteiger partial charge in [0, 0.05) is 29.9 Å². The second-order valence-electron chi connectivity index (χ2n) is 6.41. The van der Waals surface area contributed by atoms with Crippen LogP contribution >= 0.6 is 0 Å². The summed E-state index contributed by atoms with van der Waals surface area (Å²) in [4.78, 5) is 2.45. The zero-order valence-electron chi connectivity index (χ0n) is 12.3. The van der Waals surface area contributed by atoms with Crippen molar-refractivity contribution in [2.24, 2.45) is 11.7 Å². The fourth-order valence-electron chi connectivity index (χ4n) is 4.15. The predicted octanol–water partition coefficient (Wildman–Crippen LogP) is 4.00. The lowest BCUT2D eigenvalue weighted by Gasteiger charge is -2.46. The van der Waals surface area contributed by atoms with Crippen molar-refractivity contribution in [2.45, 2.75) is 57.5 Å². The topological polar surface area (TPSA) is 29.3 Å². The standard InChI is InChI=1S/C17H25FN2/c1-12(19)17-14(18)8-4-10-16(17)20-11-5-7-13-6-2-3-9-15(13)20/h4,8,10,12-13,15H,2-3,5-7,9,11,19H2,1H3/t12-,13?,15?/m1/s1. The van der Waals surface area contributed by atoms with Gasteiger partial charge in [-0.25, -0.2) is 4.39 Å². The van der Waals surface area contributed by atoms with Gasteiger partial charge in [-0.2, -0.15) is 0 Å². The van der Waals surface area contributed by atoms with E-state index >= 15 is 0 Å². The highest BCUT2D eigenvalue weighted by molar-refractivity contribution is 5.56. The van der Waals surface area contributed by atoms with Gasteiger partial charge in [0.2, 0.25) is 0 Å². The Morgan fingerprint density at radius 3 is 2.75 bits per heavy atom. The highest BCUT2D eigenvalue weighted by Gasteiger charge is 2.34. The molecular formula is C17H25FN2. The minimum Gasteiger partial charge on any atom is -0.368 e. The molecule has 110 valence electrons. The van der Waals surface area contributed by atoms with Gasteiger partial charge in [-0.3, -0.25) is 0 Å². The quantitative estimate of drug-likeness (QED) is 0.884. The number of halogens is 1. The summed E-state index contributed by atoms with van der Waals surface area (Å²) >= 11 is 0. The summed E-state index contributed by atoms with van der Waals surface area (Å²) < 4.78 is 14.2. The molecule has 1 saturated carbocycles. The number of benzene rings is 1. The van der Waals surface area contributed by atoms with E-state index in [1.807, 2.05) is 13.0 Å². The van der Waals surface area contributed by atoms with Gasteiger partial charge in [0.05, 0.1) is 0 Å². The van der Waals surface area contributed by atoms with Gasteiger partial charge in [-0.15, -0.1) is 0 Å². The van der Waals surface area contributed by atoms with Crippen molar-refractivity contribution in [1.29, 1.82) is 0 Å². The Bertz CT molecular complexity index is 470. The average molecular weight is 276 g/mol. The average Bonchev–Trinajstić information content (AvgIpc) is 2.46. The maximum atomic E-state index is 14.2. The molecule has 0 aromatic heterocycles. The lowest BCUT2D eigenvalue weighted by Crippen LogP contribution is -2.47. The molecule has 1 aromatic carbocycles. The second kappa shape index (κ2) is 5.72. The fraction of sp³-hybridized carbons (Fsp3) is 0.647. The molecule has 1 aliphatic carbocycles. The number of piperidine rings is 1. The molecule has 3 heteroatoms. The Hall–Kier alpha value is -1.09. The van der Waals surface area contributed by atoms with Gasteiger partial charge >= 0.3 is 0 Å². The minimum atomic E-state index is -0.254. The first kappa shape index (κ1) is 13.9. The van der Waals surface area contributed by atoms with E-state index in [0.29, 0.717) is 11.6 Å². The molecule has 2 nitrogen and oxygen atoms in total. The number of rotatable bonds is 2. The molecule has 1 heterocycles. The molecule has 0 bridgehead atoms. The van der Waals surface area contributed by atoms with Gasteiger partial charge in [0.1, 0.15) is 5.82 Å². The molecule has 1 saturated heterocycles. The molecule has 3 atom stereocenters. The van der Waals surface area contributed by atoms with Crippen molar-refractivity contribution in [3.05, 3.63) is 29.6 Å². The first-order valence-corrected chi connectivity index (χ1v) is 7.99. The summed E-state index contributed by atoms with van der Waals surface area (Å²) in [5.41, 5.74) is 7.76. The third-order valence-electron chi connectivity index (χ3n) is 5.04. The number of hydrogen-bond donors (Lipinski definition) is 1. The van der Waals surface area contributed by atoms with Crippen molar-refractivity contribution >= 4 is 5.69 Å². The lowest BCUT2D eigenvalue weighted by molar-refractivity contribution is 0.243. The minimum absolute atomic E-state index is 0.157. The highest BCUT2D eigenvalue weighted by atomic mass is 19.1. The van der Waals surface area contributed by atoms with Crippen LogP contribution in [0.1, 0.15) is 57.1 Å². The molecule has 0 spiro atoms. The smallest absolute Gasteiger partial charge is 0.130 e. The first-order valence-electron chi connectivity index (χ1n) is 7.99. The van der Waals surface area contributed by atoms with Gasteiger partial charge in [0.25, 0.3) is 0 Å². The van der Waals surface area contributed by atoms with Gasteiger partial charge in [-0.1, -0.05) is 18.9 Å². The van der Waals surface area contributed by atoms with E-state index in [1.54, 1.807) is 0 Å². The maximum absolute atomic E-state index is 14.2. The van der Waals surface area contributed by atoms with Gasteiger partial charge in [-0.05, 0) is 50.7 Å². The van der Waals surface area contributed by atoms with E-state index in [2.05, 4.69) is 11.0 Å². The number of fused-ring (bicyclic) bond motifs is 1. The van der Waals surface area contributed by atoms with E-state index in [4.69, 9.17) is 5.73 Å². The Morgan fingerprint density at radius 2 is 1.95 bits per heavy atom. The molecule has 20 heavy (non-hydrogen) atoms. The molecule has 2 fully saturated rings. The van der Waals surface area contributed by atoms with E-state index in [0.717, 1.165) is 18.2 Å². The zero-order valence-corrected chi connectivity index (χ0v) is 12.3. The molecule has 2 aliphatic rings. The fourth-order valence-corrected chi connectivity index (χ4v) is 4.15. The summed E-state index contributed by atoms with van der Waals surface area (Å²) in [6, 6.07) is 5.75. The van der Waals surface area contributed by atoms with Crippen molar-refractivity contribution in [2.75, 3.05) is 11.4 Å². The molecule has 3 rings (SSSR count). The Balaban J connectivity index is 1.97. The second-order valence-corrected chi connectivity index (χ2v) is 6.41. The van der Waals surface area contributed by atoms with Crippen LogP contribution in [-0.2, 0) is 0 Å². The van der Waals surface area contributed by atoms with Crippen LogP contribution in [0.5, 0.6) is 0 Å². The largest absolute Gasteiger partial charge is 0.368 e. The van der Waals surface area contributed by atoms with Crippen molar-refractivity contribution in [3.63, 3.8) is 0 Å². The van der Waals surface area contributed by atoms with E-state index < -0.39 is 0 Å². The van der Waals surface area contributed by atoms with Crippen LogP contribution in [0, 0.1) is 11.7 Å². The lowest BCUT2D eigenvalue weighted by atomic mass is 9.78. The van der Waals surface area contributed by atoms with Crippen LogP contribution in [0.4, 0.5) is 10.1 Å². The van der Waals surface area contributed by atoms with Crippen LogP contribution in [-0.4, -0.2) is 12.6 Å².